The van der Waals surface area contributed by atoms with Gasteiger partial charge in [0, 0.05) is 23.7 Å². The number of nitrogens with one attached hydrogen (secondary N) is 2. The first-order chi connectivity index (χ1) is 16.2. The number of hydrogen-bond donors (Lipinski definition) is 2. The SMILES string of the molecule is O=C(NCCNC(=O)c1nc(Cn2c(C(F)(F)F)nc3ccccc32)no1)c1cccc(Cl)c1. The standard InChI is InChI=1S/C21H16ClF3N6O3/c22-13-5-3-4-12(10-13)17(32)26-8-9-27-18(33)19-29-16(30-34-19)11-31-15-7-2-1-6-14(15)28-20(31)21(23,24)25/h1-7,10H,8-9,11H2,(H,26,32)(H,27,33). The average Bonchev–Trinajstić information content (AvgIpc) is 3.42. The minimum absolute atomic E-state index is 0.0488. The summed E-state index contributed by atoms with van der Waals surface area (Å²) in [7, 11) is 0. The van der Waals surface area contributed by atoms with Crippen molar-refractivity contribution in [3.05, 3.63) is 76.7 Å². The Morgan fingerprint density at radius 3 is 2.47 bits per heavy atom. The number of benzene rings is 2. The van der Waals surface area contributed by atoms with Gasteiger partial charge in [-0.3, -0.25) is 9.59 Å². The zero-order valence-corrected chi connectivity index (χ0v) is 18.0. The summed E-state index contributed by atoms with van der Waals surface area (Å²) in [6.07, 6.45) is -4.70. The summed E-state index contributed by atoms with van der Waals surface area (Å²) in [4.78, 5) is 31.8. The van der Waals surface area contributed by atoms with Crippen LogP contribution >= 0.6 is 11.6 Å². The zero-order valence-electron chi connectivity index (χ0n) is 17.3. The third-order valence-corrected chi connectivity index (χ3v) is 4.89. The number of carbonyl (C=O) groups is 2. The molecule has 0 bridgehead atoms. The molecule has 2 amide bonds. The lowest BCUT2D eigenvalue weighted by Gasteiger charge is -2.09. The minimum Gasteiger partial charge on any atom is -0.350 e. The number of rotatable bonds is 7. The highest BCUT2D eigenvalue weighted by Gasteiger charge is 2.38. The van der Waals surface area contributed by atoms with Crippen molar-refractivity contribution >= 4 is 34.4 Å². The summed E-state index contributed by atoms with van der Waals surface area (Å²) < 4.78 is 46.1. The minimum atomic E-state index is -4.70. The maximum atomic E-state index is 13.4. The molecule has 0 aliphatic carbocycles. The van der Waals surface area contributed by atoms with Crippen LogP contribution in [0, 0.1) is 0 Å². The van der Waals surface area contributed by atoms with Gasteiger partial charge in [0.2, 0.25) is 5.82 Å². The molecule has 0 aliphatic heterocycles. The van der Waals surface area contributed by atoms with Crippen LogP contribution in [0.15, 0.2) is 53.1 Å². The summed E-state index contributed by atoms with van der Waals surface area (Å²) >= 11 is 5.84. The van der Waals surface area contributed by atoms with Gasteiger partial charge in [-0.15, -0.1) is 0 Å². The molecule has 2 aromatic carbocycles. The van der Waals surface area contributed by atoms with Crippen LogP contribution in [0.1, 0.15) is 32.7 Å². The second-order valence-corrected chi connectivity index (χ2v) is 7.48. The number of para-hydroxylation sites is 2. The average molecular weight is 493 g/mol. The van der Waals surface area contributed by atoms with Crippen LogP contribution in [0.4, 0.5) is 13.2 Å². The van der Waals surface area contributed by atoms with E-state index >= 15 is 0 Å². The molecule has 0 saturated heterocycles. The molecule has 34 heavy (non-hydrogen) atoms. The van der Waals surface area contributed by atoms with Gasteiger partial charge in [-0.05, 0) is 30.3 Å². The number of imidazole rings is 1. The molecular formula is C21H16ClF3N6O3. The lowest BCUT2D eigenvalue weighted by Crippen LogP contribution is -2.34. The van der Waals surface area contributed by atoms with Gasteiger partial charge in [0.25, 0.3) is 5.91 Å². The van der Waals surface area contributed by atoms with Crippen molar-refractivity contribution in [3.8, 4) is 0 Å². The molecule has 13 heteroatoms. The largest absolute Gasteiger partial charge is 0.449 e. The molecule has 0 saturated carbocycles. The molecule has 0 unspecified atom stereocenters. The fraction of sp³-hybridized carbons (Fsp3) is 0.190. The van der Waals surface area contributed by atoms with Crippen LogP contribution in [0.3, 0.4) is 0 Å². The molecule has 2 heterocycles. The highest BCUT2D eigenvalue weighted by atomic mass is 35.5. The summed E-state index contributed by atoms with van der Waals surface area (Å²) in [5.41, 5.74) is 0.766. The predicted octanol–water partition coefficient (Wildman–Crippen LogP) is 3.30. The predicted molar refractivity (Wildman–Crippen MR) is 114 cm³/mol. The van der Waals surface area contributed by atoms with Gasteiger partial charge >= 0.3 is 18.0 Å². The number of fused-ring (bicyclic) bond motifs is 1. The van der Waals surface area contributed by atoms with Crippen molar-refractivity contribution in [2.45, 2.75) is 12.7 Å². The van der Waals surface area contributed by atoms with E-state index in [0.717, 1.165) is 4.57 Å². The zero-order chi connectivity index (χ0) is 24.3. The van der Waals surface area contributed by atoms with Gasteiger partial charge in [-0.2, -0.15) is 18.2 Å². The summed E-state index contributed by atoms with van der Waals surface area (Å²) in [5.74, 6) is -2.77. The second kappa shape index (κ2) is 9.51. The normalized spacial score (nSPS) is 11.5. The topological polar surface area (TPSA) is 115 Å². The quantitative estimate of drug-likeness (QED) is 0.383. The lowest BCUT2D eigenvalue weighted by atomic mass is 10.2. The molecule has 4 aromatic rings. The summed E-state index contributed by atoms with van der Waals surface area (Å²) in [6.45, 7) is -0.247. The number of halogens is 4. The van der Waals surface area contributed by atoms with Crippen LogP contribution < -0.4 is 10.6 Å². The Kier molecular flexibility index (Phi) is 6.50. The fourth-order valence-electron chi connectivity index (χ4n) is 3.16. The van der Waals surface area contributed by atoms with Gasteiger partial charge in [0.05, 0.1) is 17.6 Å². The Bertz CT molecular complexity index is 1350. The van der Waals surface area contributed by atoms with Crippen molar-refractivity contribution in [1.29, 1.82) is 0 Å². The van der Waals surface area contributed by atoms with E-state index in [1.54, 1.807) is 30.3 Å². The van der Waals surface area contributed by atoms with Gasteiger partial charge in [-0.1, -0.05) is 35.0 Å². The first-order valence-corrected chi connectivity index (χ1v) is 10.3. The Morgan fingerprint density at radius 2 is 1.74 bits per heavy atom. The first-order valence-electron chi connectivity index (χ1n) is 9.89. The van der Waals surface area contributed by atoms with Crippen LogP contribution in [0.2, 0.25) is 5.02 Å². The molecule has 176 valence electrons. The molecule has 0 radical (unpaired) electrons. The molecule has 2 N–H and O–H groups in total. The van der Waals surface area contributed by atoms with Gasteiger partial charge in [0.1, 0.15) is 0 Å². The highest BCUT2D eigenvalue weighted by molar-refractivity contribution is 6.30. The molecule has 9 nitrogen and oxygen atoms in total. The molecule has 0 spiro atoms. The Morgan fingerprint density at radius 1 is 1.00 bits per heavy atom. The summed E-state index contributed by atoms with van der Waals surface area (Å²) in [5, 5.41) is 9.11. The smallest absolute Gasteiger partial charge is 0.350 e. The number of alkyl halides is 3. The van der Waals surface area contributed by atoms with E-state index in [1.807, 2.05) is 0 Å². The van der Waals surface area contributed by atoms with Crippen LogP contribution in [-0.4, -0.2) is 44.6 Å². The molecule has 2 aromatic heterocycles. The Labute approximate surface area is 194 Å². The van der Waals surface area contributed by atoms with Crippen molar-refractivity contribution < 1.29 is 27.3 Å². The Balaban J connectivity index is 1.36. The number of carbonyl (C=O) groups excluding carboxylic acids is 2. The Hall–Kier alpha value is -3.93. The van der Waals surface area contributed by atoms with E-state index in [9.17, 15) is 22.8 Å². The van der Waals surface area contributed by atoms with E-state index in [-0.39, 0.29) is 35.9 Å². The van der Waals surface area contributed by atoms with Crippen LogP contribution in [0.25, 0.3) is 11.0 Å². The number of aromatic nitrogens is 4. The van der Waals surface area contributed by atoms with E-state index in [1.165, 1.54) is 18.2 Å². The van der Waals surface area contributed by atoms with Gasteiger partial charge in [0.15, 0.2) is 5.82 Å². The van der Waals surface area contributed by atoms with Crippen LogP contribution in [0.5, 0.6) is 0 Å². The van der Waals surface area contributed by atoms with Crippen molar-refractivity contribution in [1.82, 2.24) is 30.3 Å². The monoisotopic (exact) mass is 492 g/mol. The molecule has 0 atom stereocenters. The number of nitrogens with zero attached hydrogens (tertiary/aromatic N) is 4. The van der Waals surface area contributed by atoms with Crippen molar-refractivity contribution in [2.75, 3.05) is 13.1 Å². The van der Waals surface area contributed by atoms with Gasteiger partial charge < -0.3 is 19.7 Å². The van der Waals surface area contributed by atoms with Crippen molar-refractivity contribution in [3.63, 3.8) is 0 Å². The van der Waals surface area contributed by atoms with Crippen LogP contribution in [-0.2, 0) is 12.7 Å². The molecular weight excluding hydrogens is 477 g/mol. The first kappa shape index (κ1) is 23.2. The van der Waals surface area contributed by atoms with E-state index in [0.29, 0.717) is 10.6 Å². The third-order valence-electron chi connectivity index (χ3n) is 4.65. The second-order valence-electron chi connectivity index (χ2n) is 7.05. The molecule has 4 rings (SSSR count). The van der Waals surface area contributed by atoms with E-state index in [4.69, 9.17) is 16.1 Å². The third kappa shape index (κ3) is 5.17. The summed E-state index contributed by atoms with van der Waals surface area (Å²) in [6, 6.07) is 12.5. The lowest BCUT2D eigenvalue weighted by molar-refractivity contribution is -0.146. The molecule has 0 aliphatic rings. The van der Waals surface area contributed by atoms with Gasteiger partial charge in [-0.25, -0.2) is 4.98 Å². The maximum absolute atomic E-state index is 13.4. The molecule has 0 fully saturated rings. The van der Waals surface area contributed by atoms with E-state index in [2.05, 4.69) is 25.8 Å². The van der Waals surface area contributed by atoms with E-state index < -0.39 is 30.3 Å². The highest BCUT2D eigenvalue weighted by Crippen LogP contribution is 2.31. The van der Waals surface area contributed by atoms with Crippen molar-refractivity contribution in [2.24, 2.45) is 0 Å². The maximum Gasteiger partial charge on any atom is 0.449 e. The number of amides is 2. The number of hydrogen-bond acceptors (Lipinski definition) is 6. The fourth-order valence-corrected chi connectivity index (χ4v) is 3.35.